The fraction of sp³-hybridized carbons (Fsp3) is 0.111. The average Bonchev–Trinajstić information content (AvgIpc) is 3.09. The van der Waals surface area contributed by atoms with Gasteiger partial charge >= 0.3 is 0 Å². The molecule has 24 heavy (non-hydrogen) atoms. The summed E-state index contributed by atoms with van der Waals surface area (Å²) < 4.78 is 14.0. The smallest absolute Gasteiger partial charge is 0.226 e. The number of carbonyl (C=O) groups excluding carboxylic acids is 1. The molecule has 0 aliphatic heterocycles. The van der Waals surface area contributed by atoms with E-state index in [-0.39, 0.29) is 5.82 Å². The van der Waals surface area contributed by atoms with E-state index in [1.807, 2.05) is 23.6 Å². The highest BCUT2D eigenvalue weighted by Crippen LogP contribution is 2.29. The predicted molar refractivity (Wildman–Crippen MR) is 94.6 cm³/mol. The van der Waals surface area contributed by atoms with Crippen molar-refractivity contribution in [2.24, 2.45) is 5.73 Å². The molecule has 0 radical (unpaired) electrons. The van der Waals surface area contributed by atoms with Crippen LogP contribution in [0.2, 0.25) is 5.02 Å². The third kappa shape index (κ3) is 3.63. The summed E-state index contributed by atoms with van der Waals surface area (Å²) in [5, 5.41) is 2.35. The largest absolute Gasteiger partial charge is 0.369 e. The summed E-state index contributed by atoms with van der Waals surface area (Å²) in [4.78, 5) is 16.9. The van der Waals surface area contributed by atoms with Crippen LogP contribution in [0.15, 0.2) is 54.2 Å². The minimum absolute atomic E-state index is 0.372. The van der Waals surface area contributed by atoms with Crippen molar-refractivity contribution in [2.45, 2.75) is 12.3 Å². The van der Waals surface area contributed by atoms with Gasteiger partial charge in [0.1, 0.15) is 5.82 Å². The van der Waals surface area contributed by atoms with E-state index < -0.39 is 11.8 Å². The number of pyridine rings is 1. The third-order valence-electron chi connectivity index (χ3n) is 3.70. The molecule has 3 rings (SSSR count). The Hall–Kier alpha value is -2.24. The summed E-state index contributed by atoms with van der Waals surface area (Å²) in [6.45, 7) is 0. The van der Waals surface area contributed by atoms with Crippen molar-refractivity contribution in [1.29, 1.82) is 0 Å². The molecule has 1 amide bonds. The van der Waals surface area contributed by atoms with Gasteiger partial charge in [-0.05, 0) is 47.7 Å². The van der Waals surface area contributed by atoms with Gasteiger partial charge in [-0.15, -0.1) is 11.3 Å². The lowest BCUT2D eigenvalue weighted by atomic mass is 9.96. The fourth-order valence-electron chi connectivity index (χ4n) is 2.53. The van der Waals surface area contributed by atoms with Gasteiger partial charge in [0.2, 0.25) is 5.91 Å². The SMILES string of the molecule is NC(=O)C(Cc1cncc(-c2cc(Cl)ccc2F)c1)c1cccs1. The van der Waals surface area contributed by atoms with Crippen molar-refractivity contribution in [2.75, 3.05) is 0 Å². The molecule has 1 unspecified atom stereocenters. The normalized spacial score (nSPS) is 12.1. The molecule has 0 aliphatic rings. The Labute approximate surface area is 147 Å². The molecule has 1 atom stereocenters. The van der Waals surface area contributed by atoms with Gasteiger partial charge < -0.3 is 5.73 Å². The zero-order valence-corrected chi connectivity index (χ0v) is 14.2. The van der Waals surface area contributed by atoms with Gasteiger partial charge in [0, 0.05) is 33.4 Å². The Balaban J connectivity index is 1.93. The van der Waals surface area contributed by atoms with Gasteiger partial charge in [0.05, 0.1) is 5.92 Å². The Bertz CT molecular complexity index is 867. The maximum absolute atomic E-state index is 14.0. The first-order valence-corrected chi connectivity index (χ1v) is 8.52. The number of nitrogens with zero attached hydrogens (tertiary/aromatic N) is 1. The summed E-state index contributed by atoms with van der Waals surface area (Å²) >= 11 is 7.44. The standard InChI is InChI=1S/C18H14ClFN2OS/c19-13-3-4-16(20)14(8-13)12-6-11(9-22-10-12)7-15(18(21)23)17-2-1-5-24-17/h1-6,8-10,15H,7H2,(H2,21,23). The number of amides is 1. The number of rotatable bonds is 5. The molecule has 3 nitrogen and oxygen atoms in total. The quantitative estimate of drug-likeness (QED) is 0.732. The lowest BCUT2D eigenvalue weighted by molar-refractivity contribution is -0.119. The van der Waals surface area contributed by atoms with Gasteiger partial charge in [-0.25, -0.2) is 4.39 Å². The lowest BCUT2D eigenvalue weighted by Gasteiger charge is -2.12. The van der Waals surface area contributed by atoms with E-state index in [9.17, 15) is 9.18 Å². The second kappa shape index (κ2) is 7.11. The van der Waals surface area contributed by atoms with Gasteiger partial charge in [-0.3, -0.25) is 9.78 Å². The number of hydrogen-bond donors (Lipinski definition) is 1. The van der Waals surface area contributed by atoms with Crippen molar-refractivity contribution in [3.63, 3.8) is 0 Å². The first-order valence-electron chi connectivity index (χ1n) is 7.26. The number of halogens is 2. The van der Waals surface area contributed by atoms with Crippen molar-refractivity contribution in [1.82, 2.24) is 4.98 Å². The van der Waals surface area contributed by atoms with Crippen LogP contribution in [0.5, 0.6) is 0 Å². The number of benzene rings is 1. The minimum Gasteiger partial charge on any atom is -0.369 e. The van der Waals surface area contributed by atoms with Crippen LogP contribution in [-0.2, 0) is 11.2 Å². The van der Waals surface area contributed by atoms with Gasteiger partial charge in [0.25, 0.3) is 0 Å². The van der Waals surface area contributed by atoms with E-state index in [0.29, 0.717) is 22.6 Å². The van der Waals surface area contributed by atoms with Crippen LogP contribution in [0, 0.1) is 5.82 Å². The molecule has 2 N–H and O–H groups in total. The van der Waals surface area contributed by atoms with Gasteiger partial charge in [0.15, 0.2) is 0 Å². The van der Waals surface area contributed by atoms with E-state index in [1.165, 1.54) is 23.5 Å². The third-order valence-corrected chi connectivity index (χ3v) is 4.93. The molecule has 3 aromatic rings. The van der Waals surface area contributed by atoms with Crippen LogP contribution in [0.25, 0.3) is 11.1 Å². The lowest BCUT2D eigenvalue weighted by Crippen LogP contribution is -2.22. The molecule has 0 aliphatic carbocycles. The second-order valence-electron chi connectivity index (χ2n) is 5.38. The van der Waals surface area contributed by atoms with Crippen LogP contribution < -0.4 is 5.73 Å². The Morgan fingerprint density at radius 1 is 1.29 bits per heavy atom. The van der Waals surface area contributed by atoms with Crippen LogP contribution in [0.1, 0.15) is 16.4 Å². The predicted octanol–water partition coefficient (Wildman–Crippen LogP) is 4.41. The molecule has 2 aromatic heterocycles. The molecule has 6 heteroatoms. The number of carbonyl (C=O) groups is 1. The van der Waals surface area contributed by atoms with Crippen molar-refractivity contribution >= 4 is 28.8 Å². The number of primary amides is 1. The number of thiophene rings is 1. The Kier molecular flexibility index (Phi) is 4.92. The molecule has 0 saturated heterocycles. The average molecular weight is 361 g/mol. The highest BCUT2D eigenvalue weighted by Gasteiger charge is 2.20. The van der Waals surface area contributed by atoms with E-state index >= 15 is 0 Å². The van der Waals surface area contributed by atoms with Crippen LogP contribution in [0.3, 0.4) is 0 Å². The fourth-order valence-corrected chi connectivity index (χ4v) is 3.54. The van der Waals surface area contributed by atoms with Crippen LogP contribution in [0.4, 0.5) is 4.39 Å². The van der Waals surface area contributed by atoms with Crippen molar-refractivity contribution < 1.29 is 9.18 Å². The van der Waals surface area contributed by atoms with Gasteiger partial charge in [-0.1, -0.05) is 17.7 Å². The molecule has 0 spiro atoms. The van der Waals surface area contributed by atoms with Crippen molar-refractivity contribution in [3.8, 4) is 11.1 Å². The highest BCUT2D eigenvalue weighted by molar-refractivity contribution is 7.10. The van der Waals surface area contributed by atoms with Gasteiger partial charge in [-0.2, -0.15) is 0 Å². The first-order chi connectivity index (χ1) is 11.5. The van der Waals surface area contributed by atoms with Crippen molar-refractivity contribution in [3.05, 3.63) is 75.5 Å². The molecule has 122 valence electrons. The summed E-state index contributed by atoms with van der Waals surface area (Å²) in [5.41, 5.74) is 7.34. The molecule has 2 heterocycles. The number of hydrogen-bond acceptors (Lipinski definition) is 3. The van der Waals surface area contributed by atoms with E-state index in [1.54, 1.807) is 18.5 Å². The maximum atomic E-state index is 14.0. The maximum Gasteiger partial charge on any atom is 0.226 e. The molecular weight excluding hydrogens is 347 g/mol. The first kappa shape index (κ1) is 16.6. The molecule has 0 fully saturated rings. The molecular formula is C18H14ClFN2OS. The second-order valence-corrected chi connectivity index (χ2v) is 6.80. The Morgan fingerprint density at radius 2 is 2.12 bits per heavy atom. The van der Waals surface area contributed by atoms with Crippen LogP contribution in [-0.4, -0.2) is 10.9 Å². The summed E-state index contributed by atoms with van der Waals surface area (Å²) in [7, 11) is 0. The highest BCUT2D eigenvalue weighted by atomic mass is 35.5. The Morgan fingerprint density at radius 3 is 2.83 bits per heavy atom. The van der Waals surface area contributed by atoms with E-state index in [4.69, 9.17) is 17.3 Å². The van der Waals surface area contributed by atoms with Crippen LogP contribution >= 0.6 is 22.9 Å². The van der Waals surface area contributed by atoms with E-state index in [0.717, 1.165) is 10.4 Å². The summed E-state index contributed by atoms with van der Waals surface area (Å²) in [5.74, 6) is -1.19. The summed E-state index contributed by atoms with van der Waals surface area (Å²) in [6.07, 6.45) is 3.65. The zero-order valence-electron chi connectivity index (χ0n) is 12.6. The molecule has 0 bridgehead atoms. The number of nitrogens with two attached hydrogens (primary N) is 1. The summed E-state index contributed by atoms with van der Waals surface area (Å²) in [6, 6.07) is 9.95. The molecule has 0 saturated carbocycles. The monoisotopic (exact) mass is 360 g/mol. The minimum atomic E-state index is -0.425. The molecule has 1 aromatic carbocycles. The topological polar surface area (TPSA) is 56.0 Å². The van der Waals surface area contributed by atoms with E-state index in [2.05, 4.69) is 4.98 Å². The number of aromatic nitrogens is 1. The zero-order chi connectivity index (χ0) is 17.1.